The van der Waals surface area contributed by atoms with E-state index in [-0.39, 0.29) is 6.04 Å². The molecule has 0 bridgehead atoms. The number of hydrogen-bond donors (Lipinski definition) is 0. The minimum absolute atomic E-state index is 0.267. The average molecular weight is 309 g/mol. The van der Waals surface area contributed by atoms with Crippen LogP contribution in [0.3, 0.4) is 0 Å². The fraction of sp³-hybridized carbons (Fsp3) is 0.333. The Labute approximate surface area is 134 Å². The van der Waals surface area contributed by atoms with Gasteiger partial charge in [0.05, 0.1) is 24.5 Å². The van der Waals surface area contributed by atoms with E-state index in [1.54, 1.807) is 6.20 Å². The maximum atomic E-state index is 5.92. The van der Waals surface area contributed by atoms with Crippen LogP contribution in [0.15, 0.2) is 51.5 Å². The lowest BCUT2D eigenvalue weighted by atomic mass is 10.1. The summed E-state index contributed by atoms with van der Waals surface area (Å²) in [6.07, 6.45) is 4.03. The maximum absolute atomic E-state index is 5.92. The summed E-state index contributed by atoms with van der Waals surface area (Å²) >= 11 is 0. The van der Waals surface area contributed by atoms with Crippen molar-refractivity contribution in [2.75, 3.05) is 6.54 Å². The molecule has 0 saturated carbocycles. The SMILES string of the molecule is Cc1cc([C@H]2CCCN2Cc2ncc(-c3ccccc3)o2)on1. The molecule has 1 aromatic carbocycles. The Bertz CT molecular complexity index is 778. The van der Waals surface area contributed by atoms with Gasteiger partial charge >= 0.3 is 0 Å². The van der Waals surface area contributed by atoms with Crippen LogP contribution in [0, 0.1) is 6.92 Å². The minimum atomic E-state index is 0.267. The van der Waals surface area contributed by atoms with E-state index in [1.165, 1.54) is 0 Å². The van der Waals surface area contributed by atoms with Crippen molar-refractivity contribution in [3.8, 4) is 11.3 Å². The van der Waals surface area contributed by atoms with Crippen LogP contribution in [0.5, 0.6) is 0 Å². The lowest BCUT2D eigenvalue weighted by Crippen LogP contribution is -2.22. The van der Waals surface area contributed by atoms with Crippen molar-refractivity contribution < 1.29 is 8.94 Å². The first-order valence-electron chi connectivity index (χ1n) is 7.97. The van der Waals surface area contributed by atoms with Gasteiger partial charge in [0.2, 0.25) is 5.89 Å². The van der Waals surface area contributed by atoms with Crippen LogP contribution in [0.4, 0.5) is 0 Å². The number of oxazole rings is 1. The normalized spacial score (nSPS) is 18.6. The molecule has 1 atom stereocenters. The first-order chi connectivity index (χ1) is 11.3. The highest BCUT2D eigenvalue weighted by molar-refractivity contribution is 5.55. The van der Waals surface area contributed by atoms with E-state index in [4.69, 9.17) is 8.94 Å². The third-order valence-corrected chi connectivity index (χ3v) is 4.29. The van der Waals surface area contributed by atoms with Crippen molar-refractivity contribution in [3.05, 3.63) is 59.9 Å². The van der Waals surface area contributed by atoms with Gasteiger partial charge in [-0.2, -0.15) is 0 Å². The van der Waals surface area contributed by atoms with Gasteiger partial charge in [0, 0.05) is 11.6 Å². The Kier molecular flexibility index (Phi) is 3.71. The number of nitrogens with zero attached hydrogens (tertiary/aromatic N) is 3. The molecular formula is C18H19N3O2. The second-order valence-electron chi connectivity index (χ2n) is 5.98. The van der Waals surface area contributed by atoms with Gasteiger partial charge in [-0.05, 0) is 26.3 Å². The predicted octanol–water partition coefficient (Wildman–Crippen LogP) is 3.98. The molecule has 0 N–H and O–H groups in total. The third-order valence-electron chi connectivity index (χ3n) is 4.29. The molecule has 1 aliphatic rings. The van der Waals surface area contributed by atoms with Crippen LogP contribution in [0.1, 0.15) is 36.2 Å². The number of likely N-dealkylation sites (tertiary alicyclic amines) is 1. The standard InChI is InChI=1S/C18H19N3O2/c1-13-10-16(23-20-13)15-8-5-9-21(15)12-18-19-11-17(22-18)14-6-3-2-4-7-14/h2-4,6-7,10-11,15H,5,8-9,12H2,1H3/t15-/m1/s1. The number of aryl methyl sites for hydroxylation is 1. The number of hydrogen-bond acceptors (Lipinski definition) is 5. The topological polar surface area (TPSA) is 55.3 Å². The number of rotatable bonds is 4. The summed E-state index contributed by atoms with van der Waals surface area (Å²) in [7, 11) is 0. The van der Waals surface area contributed by atoms with Crippen LogP contribution < -0.4 is 0 Å². The van der Waals surface area contributed by atoms with Crippen molar-refractivity contribution in [1.29, 1.82) is 0 Å². The highest BCUT2D eigenvalue weighted by atomic mass is 16.5. The Morgan fingerprint density at radius 1 is 1.26 bits per heavy atom. The van der Waals surface area contributed by atoms with Crippen molar-refractivity contribution in [3.63, 3.8) is 0 Å². The van der Waals surface area contributed by atoms with E-state index in [9.17, 15) is 0 Å². The summed E-state index contributed by atoms with van der Waals surface area (Å²) in [6, 6.07) is 12.3. The molecule has 1 fully saturated rings. The first-order valence-corrected chi connectivity index (χ1v) is 7.97. The summed E-state index contributed by atoms with van der Waals surface area (Å²) in [5.74, 6) is 2.49. The Hall–Kier alpha value is -2.40. The lowest BCUT2D eigenvalue weighted by molar-refractivity contribution is 0.191. The summed E-state index contributed by atoms with van der Waals surface area (Å²) in [4.78, 5) is 6.78. The van der Waals surface area contributed by atoms with Crippen molar-refractivity contribution in [2.45, 2.75) is 32.4 Å². The van der Waals surface area contributed by atoms with Gasteiger partial charge in [-0.25, -0.2) is 4.98 Å². The largest absolute Gasteiger partial charge is 0.439 e. The second kappa shape index (κ2) is 6.01. The van der Waals surface area contributed by atoms with Gasteiger partial charge in [0.25, 0.3) is 0 Å². The summed E-state index contributed by atoms with van der Waals surface area (Å²) in [6.45, 7) is 3.66. The van der Waals surface area contributed by atoms with E-state index < -0.39 is 0 Å². The molecule has 5 nitrogen and oxygen atoms in total. The Balaban J connectivity index is 1.50. The average Bonchev–Trinajstić information content (AvgIpc) is 3.29. The second-order valence-corrected chi connectivity index (χ2v) is 5.98. The molecule has 0 radical (unpaired) electrons. The zero-order chi connectivity index (χ0) is 15.6. The molecule has 23 heavy (non-hydrogen) atoms. The van der Waals surface area contributed by atoms with Gasteiger partial charge < -0.3 is 8.94 Å². The molecule has 0 amide bonds. The Morgan fingerprint density at radius 3 is 2.91 bits per heavy atom. The van der Waals surface area contributed by atoms with E-state index in [0.29, 0.717) is 6.54 Å². The minimum Gasteiger partial charge on any atom is -0.439 e. The van der Waals surface area contributed by atoms with Crippen LogP contribution in [0.2, 0.25) is 0 Å². The molecule has 3 aromatic rings. The summed E-state index contributed by atoms with van der Waals surface area (Å²) in [5, 5.41) is 4.01. The molecule has 2 aromatic heterocycles. The van der Waals surface area contributed by atoms with E-state index in [2.05, 4.69) is 15.0 Å². The molecule has 118 valence electrons. The zero-order valence-corrected chi connectivity index (χ0v) is 13.1. The predicted molar refractivity (Wildman–Crippen MR) is 85.6 cm³/mol. The number of aromatic nitrogens is 2. The van der Waals surface area contributed by atoms with Crippen LogP contribution in [-0.2, 0) is 6.54 Å². The highest BCUT2D eigenvalue weighted by Gasteiger charge is 2.30. The Morgan fingerprint density at radius 2 is 2.13 bits per heavy atom. The van der Waals surface area contributed by atoms with Crippen molar-refractivity contribution >= 4 is 0 Å². The highest BCUT2D eigenvalue weighted by Crippen LogP contribution is 2.33. The van der Waals surface area contributed by atoms with Gasteiger partial charge in [-0.1, -0.05) is 35.5 Å². The molecule has 0 aliphatic carbocycles. The molecule has 3 heterocycles. The molecule has 0 spiro atoms. The summed E-state index contributed by atoms with van der Waals surface area (Å²) < 4.78 is 11.4. The van der Waals surface area contributed by atoms with Crippen LogP contribution in [0.25, 0.3) is 11.3 Å². The molecule has 1 aliphatic heterocycles. The first kappa shape index (κ1) is 14.2. The molecule has 4 rings (SSSR count). The van der Waals surface area contributed by atoms with E-state index in [0.717, 1.165) is 48.1 Å². The smallest absolute Gasteiger partial charge is 0.209 e. The monoisotopic (exact) mass is 309 g/mol. The van der Waals surface area contributed by atoms with E-state index in [1.807, 2.05) is 43.3 Å². The molecular weight excluding hydrogens is 290 g/mol. The summed E-state index contributed by atoms with van der Waals surface area (Å²) in [5.41, 5.74) is 1.98. The van der Waals surface area contributed by atoms with Gasteiger partial charge in [0.15, 0.2) is 11.5 Å². The quantitative estimate of drug-likeness (QED) is 0.729. The molecule has 5 heteroatoms. The van der Waals surface area contributed by atoms with Crippen LogP contribution >= 0.6 is 0 Å². The fourth-order valence-electron chi connectivity index (χ4n) is 3.17. The molecule has 0 unspecified atom stereocenters. The zero-order valence-electron chi connectivity index (χ0n) is 13.1. The van der Waals surface area contributed by atoms with Crippen LogP contribution in [-0.4, -0.2) is 21.6 Å². The van der Waals surface area contributed by atoms with Gasteiger partial charge in [-0.3, -0.25) is 4.90 Å². The third kappa shape index (κ3) is 2.92. The lowest BCUT2D eigenvalue weighted by Gasteiger charge is -2.20. The van der Waals surface area contributed by atoms with Gasteiger partial charge in [-0.15, -0.1) is 0 Å². The van der Waals surface area contributed by atoms with Crippen molar-refractivity contribution in [1.82, 2.24) is 15.0 Å². The fourth-order valence-corrected chi connectivity index (χ4v) is 3.17. The van der Waals surface area contributed by atoms with Crippen molar-refractivity contribution in [2.24, 2.45) is 0 Å². The number of benzene rings is 1. The molecule has 1 saturated heterocycles. The van der Waals surface area contributed by atoms with E-state index >= 15 is 0 Å². The van der Waals surface area contributed by atoms with Gasteiger partial charge in [0.1, 0.15) is 0 Å². The maximum Gasteiger partial charge on any atom is 0.209 e.